The number of rotatable bonds is 7. The second kappa shape index (κ2) is 7.67. The van der Waals surface area contributed by atoms with Gasteiger partial charge in [0.05, 0.1) is 19.8 Å². The molecule has 112 valence electrons. The minimum atomic E-state index is -0.0722. The van der Waals surface area contributed by atoms with Crippen LogP contribution in [-0.4, -0.2) is 30.0 Å². The maximum atomic E-state index is 9.44. The molecule has 0 spiro atoms. The summed E-state index contributed by atoms with van der Waals surface area (Å²) in [6.07, 6.45) is 0.813. The van der Waals surface area contributed by atoms with E-state index >= 15 is 0 Å². The largest absolute Gasteiger partial charge is 0.508 e. The van der Waals surface area contributed by atoms with Gasteiger partial charge in [-0.15, -0.1) is 0 Å². The summed E-state index contributed by atoms with van der Waals surface area (Å²) in [5.74, 6) is 0.150. The van der Waals surface area contributed by atoms with E-state index < -0.39 is 0 Å². The Morgan fingerprint density at radius 2 is 1.67 bits per heavy atom. The van der Waals surface area contributed by atoms with Crippen LogP contribution in [-0.2, 0) is 11.2 Å². The number of hydrogen-bond donors (Lipinski definition) is 3. The Morgan fingerprint density at radius 3 is 2.29 bits per heavy atom. The molecule has 21 heavy (non-hydrogen) atoms. The monoisotopic (exact) mass is 287 g/mol. The van der Waals surface area contributed by atoms with Gasteiger partial charge in [0, 0.05) is 11.6 Å². The summed E-state index contributed by atoms with van der Waals surface area (Å²) in [7, 11) is 0. The van der Waals surface area contributed by atoms with E-state index in [4.69, 9.17) is 10.5 Å². The zero-order chi connectivity index (χ0) is 15.1. The summed E-state index contributed by atoms with van der Waals surface area (Å²) in [6.45, 7) is 1.07. The minimum Gasteiger partial charge on any atom is -0.508 e. The van der Waals surface area contributed by atoms with Crippen LogP contribution in [0.5, 0.6) is 5.75 Å². The molecular formula is C17H21NO3. The minimum absolute atomic E-state index is 0.0205. The molecular weight excluding hydrogens is 266 g/mol. The van der Waals surface area contributed by atoms with E-state index in [0.717, 1.165) is 17.7 Å². The highest BCUT2D eigenvalue weighted by atomic mass is 16.5. The highest BCUT2D eigenvalue weighted by Crippen LogP contribution is 2.19. The Morgan fingerprint density at radius 1 is 1.00 bits per heavy atom. The second-order valence-electron chi connectivity index (χ2n) is 5.04. The van der Waals surface area contributed by atoms with Gasteiger partial charge in [-0.05, 0) is 41.8 Å². The van der Waals surface area contributed by atoms with Crippen LogP contribution in [0.2, 0.25) is 0 Å². The maximum Gasteiger partial charge on any atom is 0.115 e. The van der Waals surface area contributed by atoms with E-state index in [9.17, 15) is 10.2 Å². The number of aromatic hydroxyl groups is 1. The van der Waals surface area contributed by atoms with E-state index in [1.54, 1.807) is 24.3 Å². The number of phenols is 1. The maximum absolute atomic E-state index is 9.44. The number of nitrogens with two attached hydrogens (primary N) is 1. The van der Waals surface area contributed by atoms with Crippen LogP contribution in [0.3, 0.4) is 0 Å². The Bertz CT molecular complexity index is 537. The van der Waals surface area contributed by atoms with Crippen molar-refractivity contribution in [3.05, 3.63) is 59.7 Å². The van der Waals surface area contributed by atoms with Gasteiger partial charge in [0.25, 0.3) is 0 Å². The lowest BCUT2D eigenvalue weighted by Crippen LogP contribution is -2.13. The van der Waals surface area contributed by atoms with Crippen LogP contribution >= 0.6 is 0 Å². The Balaban J connectivity index is 1.78. The van der Waals surface area contributed by atoms with Crippen LogP contribution in [0, 0.1) is 0 Å². The fraction of sp³-hybridized carbons (Fsp3) is 0.294. The van der Waals surface area contributed by atoms with E-state index in [2.05, 4.69) is 0 Å². The third kappa shape index (κ3) is 4.77. The molecule has 4 N–H and O–H groups in total. The van der Waals surface area contributed by atoms with Crippen molar-refractivity contribution in [1.82, 2.24) is 0 Å². The van der Waals surface area contributed by atoms with Gasteiger partial charge in [-0.2, -0.15) is 0 Å². The predicted octanol–water partition coefficient (Wildman–Crippen LogP) is 2.31. The highest BCUT2D eigenvalue weighted by molar-refractivity contribution is 5.39. The Hall–Kier alpha value is -2.04. The first-order chi connectivity index (χ1) is 10.2. The van der Waals surface area contributed by atoms with Gasteiger partial charge < -0.3 is 20.7 Å². The summed E-state index contributed by atoms with van der Waals surface area (Å²) in [5.41, 5.74) is 8.53. The van der Waals surface area contributed by atoms with Crippen molar-refractivity contribution in [2.45, 2.75) is 12.3 Å². The van der Waals surface area contributed by atoms with E-state index in [0.29, 0.717) is 13.2 Å². The van der Waals surface area contributed by atoms with Gasteiger partial charge in [0.15, 0.2) is 0 Å². The van der Waals surface area contributed by atoms with E-state index in [1.165, 1.54) is 5.56 Å². The average molecular weight is 287 g/mol. The van der Waals surface area contributed by atoms with Crippen LogP contribution < -0.4 is 5.73 Å². The molecule has 1 unspecified atom stereocenters. The average Bonchev–Trinajstić information content (AvgIpc) is 2.50. The molecule has 0 bridgehead atoms. The van der Waals surface area contributed by atoms with Crippen LogP contribution in [0.1, 0.15) is 17.0 Å². The number of aliphatic hydroxyl groups is 1. The molecule has 2 aromatic carbocycles. The van der Waals surface area contributed by atoms with Gasteiger partial charge in [0.2, 0.25) is 0 Å². The van der Waals surface area contributed by atoms with Crippen molar-refractivity contribution >= 4 is 5.69 Å². The first kappa shape index (κ1) is 15.4. The highest BCUT2D eigenvalue weighted by Gasteiger charge is 2.10. The van der Waals surface area contributed by atoms with Gasteiger partial charge in [-0.1, -0.05) is 24.3 Å². The van der Waals surface area contributed by atoms with Gasteiger partial charge >= 0.3 is 0 Å². The Kier molecular flexibility index (Phi) is 5.60. The zero-order valence-corrected chi connectivity index (χ0v) is 11.9. The van der Waals surface area contributed by atoms with Crippen molar-refractivity contribution in [2.75, 3.05) is 25.6 Å². The standard InChI is InChI=1S/C17H21NO3/c18-16-5-1-13(2-6-16)9-10-21-12-15(11-19)14-3-7-17(20)8-4-14/h1-8,15,19-20H,9-12,18H2. The molecule has 2 rings (SSSR count). The van der Waals surface area contributed by atoms with Crippen LogP contribution in [0.4, 0.5) is 5.69 Å². The summed E-state index contributed by atoms with van der Waals surface area (Å²) in [6, 6.07) is 14.6. The van der Waals surface area contributed by atoms with Crippen molar-refractivity contribution < 1.29 is 14.9 Å². The lowest BCUT2D eigenvalue weighted by molar-refractivity contribution is 0.102. The molecule has 0 radical (unpaired) electrons. The van der Waals surface area contributed by atoms with E-state index in [-0.39, 0.29) is 18.3 Å². The smallest absolute Gasteiger partial charge is 0.115 e. The summed E-state index contributed by atoms with van der Waals surface area (Å²) in [5, 5.41) is 18.7. The van der Waals surface area contributed by atoms with Crippen molar-refractivity contribution in [1.29, 1.82) is 0 Å². The summed E-state index contributed by atoms with van der Waals surface area (Å²) < 4.78 is 5.65. The molecule has 0 saturated carbocycles. The quantitative estimate of drug-likeness (QED) is 0.539. The molecule has 0 heterocycles. The lowest BCUT2D eigenvalue weighted by atomic mass is 10.0. The first-order valence-electron chi connectivity index (χ1n) is 7.01. The topological polar surface area (TPSA) is 75.7 Å². The zero-order valence-electron chi connectivity index (χ0n) is 11.9. The molecule has 0 amide bonds. The molecule has 0 aliphatic carbocycles. The third-order valence-corrected chi connectivity index (χ3v) is 3.42. The third-order valence-electron chi connectivity index (χ3n) is 3.42. The number of aliphatic hydroxyl groups excluding tert-OH is 1. The van der Waals surface area contributed by atoms with Gasteiger partial charge in [-0.25, -0.2) is 0 Å². The summed E-state index contributed by atoms with van der Waals surface area (Å²) >= 11 is 0. The molecule has 2 aromatic rings. The number of phenolic OH excluding ortho intramolecular Hbond substituents is 1. The lowest BCUT2D eigenvalue weighted by Gasteiger charge is -2.15. The van der Waals surface area contributed by atoms with Gasteiger partial charge in [-0.3, -0.25) is 0 Å². The number of hydrogen-bond acceptors (Lipinski definition) is 4. The second-order valence-corrected chi connectivity index (χ2v) is 5.04. The first-order valence-corrected chi connectivity index (χ1v) is 7.01. The molecule has 0 saturated heterocycles. The molecule has 0 aliphatic rings. The molecule has 4 heteroatoms. The number of benzene rings is 2. The fourth-order valence-electron chi connectivity index (χ4n) is 2.10. The van der Waals surface area contributed by atoms with Crippen molar-refractivity contribution in [3.8, 4) is 5.75 Å². The van der Waals surface area contributed by atoms with Crippen molar-refractivity contribution in [2.24, 2.45) is 0 Å². The number of anilines is 1. The molecule has 0 aliphatic heterocycles. The van der Waals surface area contributed by atoms with E-state index in [1.807, 2.05) is 24.3 Å². The van der Waals surface area contributed by atoms with Gasteiger partial charge in [0.1, 0.15) is 5.75 Å². The normalized spacial score (nSPS) is 12.2. The Labute approximate surface area is 124 Å². The van der Waals surface area contributed by atoms with Crippen LogP contribution in [0.15, 0.2) is 48.5 Å². The molecule has 0 fully saturated rings. The SMILES string of the molecule is Nc1ccc(CCOCC(CO)c2ccc(O)cc2)cc1. The molecule has 0 aromatic heterocycles. The summed E-state index contributed by atoms with van der Waals surface area (Å²) in [4.78, 5) is 0. The van der Waals surface area contributed by atoms with Crippen molar-refractivity contribution in [3.63, 3.8) is 0 Å². The molecule has 1 atom stereocenters. The number of nitrogen functional groups attached to an aromatic ring is 1. The fourth-order valence-corrected chi connectivity index (χ4v) is 2.10. The predicted molar refractivity (Wildman–Crippen MR) is 83.3 cm³/mol. The van der Waals surface area contributed by atoms with Crippen LogP contribution in [0.25, 0.3) is 0 Å². The number of ether oxygens (including phenoxy) is 1. The molecule has 4 nitrogen and oxygen atoms in total.